The van der Waals surface area contributed by atoms with E-state index in [9.17, 15) is 9.59 Å². The van der Waals surface area contributed by atoms with E-state index in [2.05, 4.69) is 39.8 Å². The number of rotatable bonds is 4. The zero-order valence-corrected chi connectivity index (χ0v) is 20.0. The Morgan fingerprint density at radius 3 is 1.97 bits per heavy atom. The second-order valence-electron chi connectivity index (χ2n) is 6.20. The van der Waals surface area contributed by atoms with E-state index in [0.29, 0.717) is 19.6 Å². The Kier molecular flexibility index (Phi) is 16.3. The predicted octanol–water partition coefficient (Wildman–Crippen LogP) is 4.87. The molecule has 3 amide bonds. The molecule has 0 aliphatic carbocycles. The molecule has 3 rings (SSSR count). The zero-order valence-electron chi connectivity index (χ0n) is 20.0. The highest BCUT2D eigenvalue weighted by Crippen LogP contribution is 2.19. The van der Waals surface area contributed by atoms with Gasteiger partial charge in [0.15, 0.2) is 0 Å². The lowest BCUT2D eigenvalue weighted by Crippen LogP contribution is -2.47. The number of carbonyl (C=O) groups is 2. The van der Waals surface area contributed by atoms with Crippen LogP contribution in [0, 0.1) is 0 Å². The molecule has 1 fully saturated rings. The average Bonchev–Trinajstić information content (AvgIpc) is 2.84. The first-order valence-corrected chi connectivity index (χ1v) is 11.2. The van der Waals surface area contributed by atoms with Crippen molar-refractivity contribution in [3.8, 4) is 0 Å². The van der Waals surface area contributed by atoms with Crippen LogP contribution >= 0.6 is 0 Å². The van der Waals surface area contributed by atoms with Crippen LogP contribution < -0.4 is 15.5 Å². The summed E-state index contributed by atoms with van der Waals surface area (Å²) in [4.78, 5) is 26.5. The van der Waals surface area contributed by atoms with Crippen LogP contribution in [-0.4, -0.2) is 43.6 Å². The standard InChI is InChI=1S/C17H18N2O.C4H10N2O.2C2H6/c20-17-11-12-18(13-15-7-3-1-4-8-15)14-19(17)16-9-5-2-6-10-16;1-3-6-4(7)5-2;2*1-2/h1-10H,11-14H2;3H2,1-2H3,(H2,5,6,7);2*1-2H3. The number of urea groups is 1. The number of para-hydroxylation sites is 1. The third-order valence-electron chi connectivity index (χ3n) is 4.17. The molecular formula is C25H40N4O2. The van der Waals surface area contributed by atoms with Crippen LogP contribution in [0.4, 0.5) is 10.5 Å². The molecule has 172 valence electrons. The van der Waals surface area contributed by atoms with Crippen LogP contribution in [0.25, 0.3) is 0 Å². The van der Waals surface area contributed by atoms with Gasteiger partial charge in [0.1, 0.15) is 0 Å². The van der Waals surface area contributed by atoms with Crippen LogP contribution in [0.15, 0.2) is 60.7 Å². The fourth-order valence-corrected chi connectivity index (χ4v) is 2.79. The lowest BCUT2D eigenvalue weighted by atomic mass is 10.2. The minimum absolute atomic E-state index is 0.123. The molecule has 1 aliphatic rings. The Bertz CT molecular complexity index is 708. The normalized spacial score (nSPS) is 12.7. The summed E-state index contributed by atoms with van der Waals surface area (Å²) in [6.45, 7) is 12.9. The number of amides is 3. The number of nitrogens with zero attached hydrogens (tertiary/aromatic N) is 2. The number of hydrogen-bond donors (Lipinski definition) is 2. The highest BCUT2D eigenvalue weighted by molar-refractivity contribution is 5.94. The number of carbonyl (C=O) groups excluding carboxylic acids is 2. The molecule has 1 saturated heterocycles. The van der Waals surface area contributed by atoms with Gasteiger partial charge in [-0.3, -0.25) is 14.6 Å². The molecule has 2 N–H and O–H groups in total. The maximum absolute atomic E-state index is 12.1. The molecule has 0 atom stereocenters. The molecule has 0 saturated carbocycles. The van der Waals surface area contributed by atoms with Crippen molar-refractivity contribution in [2.75, 3.05) is 31.7 Å². The van der Waals surface area contributed by atoms with E-state index in [1.54, 1.807) is 7.05 Å². The van der Waals surface area contributed by atoms with Gasteiger partial charge in [-0.15, -0.1) is 0 Å². The second-order valence-corrected chi connectivity index (χ2v) is 6.20. The van der Waals surface area contributed by atoms with E-state index in [1.165, 1.54) is 5.56 Å². The van der Waals surface area contributed by atoms with Crippen molar-refractivity contribution in [3.05, 3.63) is 66.2 Å². The summed E-state index contributed by atoms with van der Waals surface area (Å²) in [5.74, 6) is 0.209. The fourth-order valence-electron chi connectivity index (χ4n) is 2.79. The van der Waals surface area contributed by atoms with Gasteiger partial charge in [0.2, 0.25) is 5.91 Å². The quantitative estimate of drug-likeness (QED) is 0.730. The third kappa shape index (κ3) is 11.2. The summed E-state index contributed by atoms with van der Waals surface area (Å²) in [6, 6.07) is 20.2. The molecule has 0 spiro atoms. The number of anilines is 1. The van der Waals surface area contributed by atoms with Crippen molar-refractivity contribution in [2.24, 2.45) is 0 Å². The molecule has 0 bridgehead atoms. The molecule has 2 aromatic carbocycles. The van der Waals surface area contributed by atoms with Crippen LogP contribution in [0.1, 0.15) is 46.6 Å². The molecule has 6 heteroatoms. The van der Waals surface area contributed by atoms with Crippen molar-refractivity contribution in [3.63, 3.8) is 0 Å². The van der Waals surface area contributed by atoms with Crippen molar-refractivity contribution >= 4 is 17.6 Å². The highest BCUT2D eigenvalue weighted by Gasteiger charge is 2.24. The van der Waals surface area contributed by atoms with Crippen molar-refractivity contribution in [2.45, 2.75) is 47.6 Å². The van der Waals surface area contributed by atoms with Gasteiger partial charge < -0.3 is 10.6 Å². The van der Waals surface area contributed by atoms with Gasteiger partial charge >= 0.3 is 6.03 Å². The maximum atomic E-state index is 12.1. The average molecular weight is 429 g/mol. The van der Waals surface area contributed by atoms with Gasteiger partial charge in [0, 0.05) is 38.8 Å². The van der Waals surface area contributed by atoms with Gasteiger partial charge in [0.25, 0.3) is 0 Å². The summed E-state index contributed by atoms with van der Waals surface area (Å²) in [5, 5.41) is 4.96. The van der Waals surface area contributed by atoms with E-state index in [1.807, 2.05) is 75.9 Å². The predicted molar refractivity (Wildman–Crippen MR) is 131 cm³/mol. The summed E-state index contributed by atoms with van der Waals surface area (Å²) in [6.07, 6.45) is 0.585. The van der Waals surface area contributed by atoms with E-state index in [0.717, 1.165) is 18.8 Å². The van der Waals surface area contributed by atoms with Crippen molar-refractivity contribution < 1.29 is 9.59 Å². The number of hydrogen-bond acceptors (Lipinski definition) is 3. The summed E-state index contributed by atoms with van der Waals surface area (Å²) in [5.41, 5.74) is 2.27. The molecule has 0 radical (unpaired) electrons. The molecular weight excluding hydrogens is 388 g/mol. The minimum atomic E-state index is -0.123. The monoisotopic (exact) mass is 428 g/mol. The van der Waals surface area contributed by atoms with E-state index in [4.69, 9.17) is 0 Å². The molecule has 0 aromatic heterocycles. The van der Waals surface area contributed by atoms with E-state index < -0.39 is 0 Å². The van der Waals surface area contributed by atoms with Crippen molar-refractivity contribution in [1.82, 2.24) is 15.5 Å². The van der Waals surface area contributed by atoms with Gasteiger partial charge in [0.05, 0.1) is 6.67 Å². The molecule has 1 heterocycles. The Balaban J connectivity index is 0.000000696. The topological polar surface area (TPSA) is 64.7 Å². The van der Waals surface area contributed by atoms with Gasteiger partial charge in [-0.05, 0) is 24.6 Å². The first kappa shape index (κ1) is 28.1. The minimum Gasteiger partial charge on any atom is -0.341 e. The van der Waals surface area contributed by atoms with Crippen LogP contribution in [0.5, 0.6) is 0 Å². The maximum Gasteiger partial charge on any atom is 0.314 e. The van der Waals surface area contributed by atoms with E-state index in [-0.39, 0.29) is 11.9 Å². The van der Waals surface area contributed by atoms with Crippen LogP contribution in [0.3, 0.4) is 0 Å². The largest absolute Gasteiger partial charge is 0.341 e. The van der Waals surface area contributed by atoms with Gasteiger partial charge in [-0.1, -0.05) is 76.2 Å². The smallest absolute Gasteiger partial charge is 0.314 e. The molecule has 1 aliphatic heterocycles. The second kappa shape index (κ2) is 18.0. The molecule has 0 unspecified atom stereocenters. The Labute approximate surface area is 188 Å². The van der Waals surface area contributed by atoms with Crippen molar-refractivity contribution in [1.29, 1.82) is 0 Å². The molecule has 31 heavy (non-hydrogen) atoms. The highest BCUT2D eigenvalue weighted by atomic mass is 16.2. The molecule has 2 aromatic rings. The molecule has 6 nitrogen and oxygen atoms in total. The van der Waals surface area contributed by atoms with Gasteiger partial charge in [-0.25, -0.2) is 4.79 Å². The summed E-state index contributed by atoms with van der Waals surface area (Å²) in [7, 11) is 1.59. The Morgan fingerprint density at radius 2 is 1.48 bits per heavy atom. The Morgan fingerprint density at radius 1 is 0.935 bits per heavy atom. The lowest BCUT2D eigenvalue weighted by molar-refractivity contribution is -0.121. The van der Waals surface area contributed by atoms with Gasteiger partial charge in [-0.2, -0.15) is 0 Å². The fraction of sp³-hybridized carbons (Fsp3) is 0.440. The zero-order chi connectivity index (χ0) is 23.5. The number of nitrogens with one attached hydrogen (secondary N) is 2. The van der Waals surface area contributed by atoms with Crippen LogP contribution in [0.2, 0.25) is 0 Å². The van der Waals surface area contributed by atoms with Crippen LogP contribution in [-0.2, 0) is 11.3 Å². The van der Waals surface area contributed by atoms with E-state index >= 15 is 0 Å². The SMILES string of the molecule is CC.CC.CCNC(=O)NC.O=C1CCN(Cc2ccccc2)CN1c1ccccc1. The lowest BCUT2D eigenvalue weighted by Gasteiger charge is -2.35. The summed E-state index contributed by atoms with van der Waals surface area (Å²) >= 11 is 0. The summed E-state index contributed by atoms with van der Waals surface area (Å²) < 4.78 is 0. The number of benzene rings is 2. The first-order chi connectivity index (χ1) is 15.1. The Hall–Kier alpha value is -2.86. The first-order valence-electron chi connectivity index (χ1n) is 11.2. The third-order valence-corrected chi connectivity index (χ3v) is 4.17.